The minimum Gasteiger partial charge on any atom is -0.467 e. The minimum absolute atomic E-state index is 0.0192. The lowest BCUT2D eigenvalue weighted by atomic mass is 9.99. The Bertz CT molecular complexity index is 1130. The molecule has 0 unspecified atom stereocenters. The van der Waals surface area contributed by atoms with Gasteiger partial charge in [0, 0.05) is 28.9 Å². The topological polar surface area (TPSA) is 72.5 Å². The van der Waals surface area contributed by atoms with E-state index in [1.54, 1.807) is 24.3 Å². The summed E-state index contributed by atoms with van der Waals surface area (Å²) in [4.78, 5) is 38.6. The Morgan fingerprint density at radius 2 is 1.29 bits per heavy atom. The maximum absolute atomic E-state index is 13.6. The molecule has 1 aliphatic carbocycles. The number of esters is 1. The highest BCUT2D eigenvalue weighted by Crippen LogP contribution is 2.61. The van der Waals surface area contributed by atoms with Gasteiger partial charge >= 0.3 is 5.97 Å². The molecule has 0 aromatic heterocycles. The van der Waals surface area contributed by atoms with Crippen LogP contribution in [0.25, 0.3) is 0 Å². The number of carbonyl (C=O) groups excluding carboxylic acids is 3. The highest BCUT2D eigenvalue weighted by molar-refractivity contribution is 6.04. The number of rotatable bonds is 8. The van der Waals surface area contributed by atoms with Gasteiger partial charge in [0.05, 0.1) is 7.11 Å². The molecule has 4 rings (SSSR count). The van der Waals surface area contributed by atoms with Gasteiger partial charge in [-0.3, -0.25) is 9.59 Å². The van der Waals surface area contributed by atoms with Crippen LogP contribution in [0.15, 0.2) is 84.9 Å². The van der Waals surface area contributed by atoms with Gasteiger partial charge in [0.1, 0.15) is 6.04 Å². The number of ketones is 1. The second-order valence-electron chi connectivity index (χ2n) is 9.06. The number of methoxy groups -OCH3 is 1. The molecule has 0 heterocycles. The van der Waals surface area contributed by atoms with Crippen molar-refractivity contribution in [3.63, 3.8) is 0 Å². The Balaban J connectivity index is 1.58. The fourth-order valence-electron chi connectivity index (χ4n) is 4.67. The van der Waals surface area contributed by atoms with Crippen LogP contribution in [0.2, 0.25) is 0 Å². The zero-order valence-electron chi connectivity index (χ0n) is 19.6. The molecule has 0 spiro atoms. The van der Waals surface area contributed by atoms with Crippen molar-refractivity contribution in [1.82, 2.24) is 5.32 Å². The maximum atomic E-state index is 13.6. The first kappa shape index (κ1) is 23.4. The van der Waals surface area contributed by atoms with E-state index in [0.29, 0.717) is 11.1 Å². The molecule has 3 aromatic carbocycles. The van der Waals surface area contributed by atoms with Crippen molar-refractivity contribution in [2.24, 2.45) is 11.8 Å². The van der Waals surface area contributed by atoms with Crippen molar-refractivity contribution in [3.8, 4) is 0 Å². The SMILES string of the molecule is COC(=O)[C@@H](NC(=O)c1cccc(C(=O)C2[C@H](c3ccccc3)[C@H]2c2ccccc2)c1)C(C)C. The third-order valence-corrected chi connectivity index (χ3v) is 6.51. The third kappa shape index (κ3) is 4.79. The summed E-state index contributed by atoms with van der Waals surface area (Å²) in [5, 5.41) is 2.74. The van der Waals surface area contributed by atoms with E-state index in [4.69, 9.17) is 4.74 Å². The van der Waals surface area contributed by atoms with Gasteiger partial charge in [0.25, 0.3) is 5.91 Å². The molecule has 1 N–H and O–H groups in total. The molecule has 1 saturated carbocycles. The fourth-order valence-corrected chi connectivity index (χ4v) is 4.67. The first-order valence-electron chi connectivity index (χ1n) is 11.5. The van der Waals surface area contributed by atoms with E-state index < -0.39 is 17.9 Å². The molecule has 0 saturated heterocycles. The van der Waals surface area contributed by atoms with Gasteiger partial charge in [-0.25, -0.2) is 4.79 Å². The number of nitrogens with one attached hydrogen (secondary N) is 1. The van der Waals surface area contributed by atoms with Crippen LogP contribution < -0.4 is 5.32 Å². The first-order chi connectivity index (χ1) is 16.4. The molecule has 174 valence electrons. The minimum atomic E-state index is -0.759. The van der Waals surface area contributed by atoms with Crippen LogP contribution >= 0.6 is 0 Å². The molecule has 1 aliphatic rings. The van der Waals surface area contributed by atoms with Crippen LogP contribution in [0.3, 0.4) is 0 Å². The van der Waals surface area contributed by atoms with Crippen LogP contribution in [0.1, 0.15) is 57.5 Å². The van der Waals surface area contributed by atoms with Crippen LogP contribution in [0, 0.1) is 11.8 Å². The van der Waals surface area contributed by atoms with Crippen LogP contribution in [-0.4, -0.2) is 30.8 Å². The summed E-state index contributed by atoms with van der Waals surface area (Å²) < 4.78 is 4.81. The Hall–Kier alpha value is -3.73. The van der Waals surface area contributed by atoms with E-state index in [1.807, 2.05) is 50.2 Å². The smallest absolute Gasteiger partial charge is 0.328 e. The molecule has 0 radical (unpaired) electrons. The monoisotopic (exact) mass is 455 g/mol. The van der Waals surface area contributed by atoms with Crippen molar-refractivity contribution < 1.29 is 19.1 Å². The molecular weight excluding hydrogens is 426 g/mol. The van der Waals surface area contributed by atoms with Gasteiger partial charge in [-0.15, -0.1) is 0 Å². The highest BCUT2D eigenvalue weighted by atomic mass is 16.5. The Kier molecular flexibility index (Phi) is 6.92. The Morgan fingerprint density at radius 1 is 0.765 bits per heavy atom. The number of hydrogen-bond donors (Lipinski definition) is 1. The second kappa shape index (κ2) is 10.0. The number of carbonyl (C=O) groups is 3. The normalized spacial score (nSPS) is 19.8. The van der Waals surface area contributed by atoms with Crippen molar-refractivity contribution in [2.45, 2.75) is 31.7 Å². The number of amides is 1. The van der Waals surface area contributed by atoms with Crippen LogP contribution in [0.5, 0.6) is 0 Å². The lowest BCUT2D eigenvalue weighted by molar-refractivity contribution is -0.144. The third-order valence-electron chi connectivity index (χ3n) is 6.51. The summed E-state index contributed by atoms with van der Waals surface area (Å²) in [6.45, 7) is 3.67. The van der Waals surface area contributed by atoms with Crippen molar-refractivity contribution >= 4 is 17.7 Å². The molecule has 1 fully saturated rings. The molecule has 5 heteroatoms. The number of Topliss-reactive ketones (excluding diaryl/α,β-unsaturated/α-hetero) is 1. The summed E-state index contributed by atoms with van der Waals surface area (Å²) in [6, 6.07) is 26.2. The van der Waals surface area contributed by atoms with Crippen LogP contribution in [-0.2, 0) is 9.53 Å². The summed E-state index contributed by atoms with van der Waals surface area (Å²) in [5.74, 6) is -1.02. The highest BCUT2D eigenvalue weighted by Gasteiger charge is 2.55. The summed E-state index contributed by atoms with van der Waals surface area (Å²) in [6.07, 6.45) is 0. The lowest BCUT2D eigenvalue weighted by Crippen LogP contribution is -2.45. The van der Waals surface area contributed by atoms with E-state index in [2.05, 4.69) is 29.6 Å². The Morgan fingerprint density at radius 3 is 1.79 bits per heavy atom. The molecule has 0 aliphatic heterocycles. The summed E-state index contributed by atoms with van der Waals surface area (Å²) in [7, 11) is 1.30. The van der Waals surface area contributed by atoms with E-state index in [1.165, 1.54) is 7.11 Å². The van der Waals surface area contributed by atoms with Crippen LogP contribution in [0.4, 0.5) is 0 Å². The molecule has 3 aromatic rings. The van der Waals surface area contributed by atoms with Crippen molar-refractivity contribution in [1.29, 1.82) is 0 Å². The molecule has 34 heavy (non-hydrogen) atoms. The number of ether oxygens (including phenoxy) is 1. The van der Waals surface area contributed by atoms with E-state index in [-0.39, 0.29) is 29.5 Å². The van der Waals surface area contributed by atoms with Gasteiger partial charge in [-0.05, 0) is 29.2 Å². The predicted octanol–water partition coefficient (Wildman–Crippen LogP) is 4.99. The zero-order valence-corrected chi connectivity index (χ0v) is 19.6. The van der Waals surface area contributed by atoms with E-state index in [0.717, 1.165) is 11.1 Å². The van der Waals surface area contributed by atoms with E-state index >= 15 is 0 Å². The molecule has 3 atom stereocenters. The number of hydrogen-bond acceptors (Lipinski definition) is 4. The second-order valence-corrected chi connectivity index (χ2v) is 9.06. The summed E-state index contributed by atoms with van der Waals surface area (Å²) >= 11 is 0. The van der Waals surface area contributed by atoms with Gasteiger partial charge in [-0.1, -0.05) is 86.6 Å². The lowest BCUT2D eigenvalue weighted by Gasteiger charge is -2.19. The summed E-state index contributed by atoms with van der Waals surface area (Å²) in [5.41, 5.74) is 3.12. The molecule has 0 bridgehead atoms. The van der Waals surface area contributed by atoms with Gasteiger partial charge in [0.15, 0.2) is 5.78 Å². The average Bonchev–Trinajstić information content (AvgIpc) is 3.63. The van der Waals surface area contributed by atoms with E-state index in [9.17, 15) is 14.4 Å². The molecule has 1 amide bonds. The fraction of sp³-hybridized carbons (Fsp3) is 0.276. The largest absolute Gasteiger partial charge is 0.467 e. The maximum Gasteiger partial charge on any atom is 0.328 e. The number of benzene rings is 3. The van der Waals surface area contributed by atoms with Crippen molar-refractivity contribution in [2.75, 3.05) is 7.11 Å². The van der Waals surface area contributed by atoms with Gasteiger partial charge < -0.3 is 10.1 Å². The van der Waals surface area contributed by atoms with Crippen molar-refractivity contribution in [3.05, 3.63) is 107 Å². The average molecular weight is 456 g/mol. The molecular formula is C29H29NO4. The first-order valence-corrected chi connectivity index (χ1v) is 11.5. The van der Waals surface area contributed by atoms with Gasteiger partial charge in [-0.2, -0.15) is 0 Å². The standard InChI is InChI=1S/C29H29NO4/c1-18(2)26(29(33)34-3)30-28(32)22-16-10-15-21(17-22)27(31)25-23(19-11-6-4-7-12-19)24(25)20-13-8-5-9-14-20/h4-18,23-26H,1-3H3,(H,30,32)/t23-,24-,26+/m1/s1. The Labute approximate surface area is 200 Å². The molecule has 5 nitrogen and oxygen atoms in total. The quantitative estimate of drug-likeness (QED) is 0.384. The zero-order chi connectivity index (χ0) is 24.2. The predicted molar refractivity (Wildman–Crippen MR) is 131 cm³/mol. The van der Waals surface area contributed by atoms with Gasteiger partial charge in [0.2, 0.25) is 0 Å².